The molecule has 0 aliphatic carbocycles. The van der Waals surface area contributed by atoms with Crippen molar-refractivity contribution in [2.45, 2.75) is 0 Å². The zero-order valence-corrected chi connectivity index (χ0v) is 9.21. The highest BCUT2D eigenvalue weighted by Gasteiger charge is 2.08. The summed E-state index contributed by atoms with van der Waals surface area (Å²) in [5.41, 5.74) is 1.13. The zero-order valence-electron chi connectivity index (χ0n) is 9.21. The number of aromatic amines is 1. The maximum atomic E-state index is 11.5. The van der Waals surface area contributed by atoms with Gasteiger partial charge in [0.05, 0.1) is 11.6 Å². The molecular weight excluding hydrogens is 216 g/mol. The molecule has 1 heterocycles. The van der Waals surface area contributed by atoms with E-state index in [1.165, 1.54) is 12.4 Å². The Kier molecular flexibility index (Phi) is 2.88. The van der Waals surface area contributed by atoms with E-state index < -0.39 is 0 Å². The van der Waals surface area contributed by atoms with Crippen LogP contribution in [0.25, 0.3) is 0 Å². The monoisotopic (exact) mass is 226 g/mol. The van der Waals surface area contributed by atoms with E-state index in [4.69, 9.17) is 5.26 Å². The molecule has 5 nitrogen and oxygen atoms in total. The predicted octanol–water partition coefficient (Wildman–Crippen LogP) is 1.41. The Morgan fingerprint density at radius 2 is 2.06 bits per heavy atom. The molecule has 17 heavy (non-hydrogen) atoms. The second kappa shape index (κ2) is 4.49. The fourth-order valence-corrected chi connectivity index (χ4v) is 1.46. The number of aromatic nitrogens is 2. The van der Waals surface area contributed by atoms with Crippen LogP contribution in [0, 0.1) is 11.3 Å². The molecule has 0 fully saturated rings. The standard InChI is InChI=1S/C12H10N4O/c1-16(11-12(17)15-7-6-14-11)10-4-2-9(8-13)3-5-10/h2-7H,1H3,(H,15,17). The van der Waals surface area contributed by atoms with Crippen LogP contribution < -0.4 is 10.5 Å². The van der Waals surface area contributed by atoms with Gasteiger partial charge in [-0.15, -0.1) is 0 Å². The van der Waals surface area contributed by atoms with Crippen LogP contribution in [0.1, 0.15) is 5.56 Å². The Balaban J connectivity index is 2.38. The van der Waals surface area contributed by atoms with Crippen LogP contribution >= 0.6 is 0 Å². The van der Waals surface area contributed by atoms with Crippen molar-refractivity contribution >= 4 is 11.5 Å². The Bertz CT molecular complexity index is 609. The topological polar surface area (TPSA) is 72.8 Å². The number of nitrogens with zero attached hydrogens (tertiary/aromatic N) is 3. The van der Waals surface area contributed by atoms with Crippen molar-refractivity contribution in [3.05, 3.63) is 52.6 Å². The minimum atomic E-state index is -0.251. The lowest BCUT2D eigenvalue weighted by Gasteiger charge is -2.16. The van der Waals surface area contributed by atoms with Gasteiger partial charge in [-0.05, 0) is 24.3 Å². The average molecular weight is 226 g/mol. The Morgan fingerprint density at radius 3 is 2.65 bits per heavy atom. The Morgan fingerprint density at radius 1 is 1.35 bits per heavy atom. The van der Waals surface area contributed by atoms with Gasteiger partial charge in [0.2, 0.25) is 0 Å². The van der Waals surface area contributed by atoms with Gasteiger partial charge in [0.25, 0.3) is 5.56 Å². The molecule has 1 aromatic heterocycles. The molecule has 0 aliphatic rings. The molecule has 0 saturated heterocycles. The zero-order chi connectivity index (χ0) is 12.3. The number of benzene rings is 1. The van der Waals surface area contributed by atoms with E-state index in [1.54, 1.807) is 36.2 Å². The van der Waals surface area contributed by atoms with Crippen LogP contribution in [-0.4, -0.2) is 17.0 Å². The van der Waals surface area contributed by atoms with Crippen molar-refractivity contribution in [3.8, 4) is 6.07 Å². The second-order valence-electron chi connectivity index (χ2n) is 3.46. The molecule has 2 rings (SSSR count). The first-order chi connectivity index (χ1) is 8.22. The summed E-state index contributed by atoms with van der Waals surface area (Å²) in [7, 11) is 1.75. The molecule has 0 spiro atoms. The van der Waals surface area contributed by atoms with Gasteiger partial charge >= 0.3 is 0 Å². The number of rotatable bonds is 2. The van der Waals surface area contributed by atoms with Gasteiger partial charge in [0.15, 0.2) is 5.82 Å². The number of nitriles is 1. The van der Waals surface area contributed by atoms with Crippen molar-refractivity contribution in [1.82, 2.24) is 9.97 Å². The first-order valence-electron chi connectivity index (χ1n) is 5.00. The minimum Gasteiger partial charge on any atom is -0.325 e. The largest absolute Gasteiger partial charge is 0.325 e. The first-order valence-corrected chi connectivity index (χ1v) is 5.00. The first kappa shape index (κ1) is 10.9. The third-order valence-electron chi connectivity index (χ3n) is 2.39. The maximum Gasteiger partial charge on any atom is 0.291 e. The van der Waals surface area contributed by atoms with E-state index >= 15 is 0 Å². The Labute approximate surface area is 98.0 Å². The lowest BCUT2D eigenvalue weighted by Crippen LogP contribution is -2.21. The van der Waals surface area contributed by atoms with Gasteiger partial charge < -0.3 is 9.88 Å². The number of anilines is 2. The fourth-order valence-electron chi connectivity index (χ4n) is 1.46. The van der Waals surface area contributed by atoms with Crippen molar-refractivity contribution < 1.29 is 0 Å². The molecule has 0 amide bonds. The second-order valence-corrected chi connectivity index (χ2v) is 3.46. The third kappa shape index (κ3) is 2.16. The predicted molar refractivity (Wildman–Crippen MR) is 64.1 cm³/mol. The van der Waals surface area contributed by atoms with Crippen LogP contribution in [0.2, 0.25) is 0 Å². The molecule has 1 N–H and O–H groups in total. The maximum absolute atomic E-state index is 11.5. The summed E-state index contributed by atoms with van der Waals surface area (Å²) >= 11 is 0. The van der Waals surface area contributed by atoms with Crippen molar-refractivity contribution in [1.29, 1.82) is 5.26 Å². The number of hydrogen-bond acceptors (Lipinski definition) is 4. The third-order valence-corrected chi connectivity index (χ3v) is 2.39. The molecule has 1 aromatic carbocycles. The molecule has 0 atom stereocenters. The molecule has 5 heteroatoms. The molecule has 0 saturated carbocycles. The van der Waals surface area contributed by atoms with Gasteiger partial charge in [-0.3, -0.25) is 4.79 Å². The van der Waals surface area contributed by atoms with Crippen molar-refractivity contribution in [2.75, 3.05) is 11.9 Å². The van der Waals surface area contributed by atoms with Gasteiger partial charge in [0, 0.05) is 25.1 Å². The summed E-state index contributed by atoms with van der Waals surface area (Å²) in [5.74, 6) is 0.317. The molecule has 0 unspecified atom stereocenters. The van der Waals surface area contributed by atoms with Crippen LogP contribution in [0.15, 0.2) is 41.5 Å². The minimum absolute atomic E-state index is 0.251. The molecule has 84 valence electrons. The normalized spacial score (nSPS) is 9.65. The van der Waals surface area contributed by atoms with Crippen LogP contribution in [0.4, 0.5) is 11.5 Å². The summed E-state index contributed by atoms with van der Waals surface area (Å²) in [5, 5.41) is 8.70. The average Bonchev–Trinajstić information content (AvgIpc) is 2.39. The van der Waals surface area contributed by atoms with Crippen LogP contribution in [0.5, 0.6) is 0 Å². The lowest BCUT2D eigenvalue weighted by atomic mass is 10.2. The molecule has 0 aliphatic heterocycles. The van der Waals surface area contributed by atoms with Crippen LogP contribution in [0.3, 0.4) is 0 Å². The van der Waals surface area contributed by atoms with Crippen molar-refractivity contribution in [3.63, 3.8) is 0 Å². The van der Waals surface area contributed by atoms with E-state index in [0.717, 1.165) is 5.69 Å². The van der Waals surface area contributed by atoms with Gasteiger partial charge in [0.1, 0.15) is 0 Å². The Hall–Kier alpha value is -2.61. The van der Waals surface area contributed by atoms with E-state index in [-0.39, 0.29) is 5.56 Å². The van der Waals surface area contributed by atoms with Gasteiger partial charge in [-0.25, -0.2) is 4.98 Å². The van der Waals surface area contributed by atoms with Crippen LogP contribution in [-0.2, 0) is 0 Å². The van der Waals surface area contributed by atoms with E-state index in [1.807, 2.05) is 6.07 Å². The highest BCUT2D eigenvalue weighted by molar-refractivity contribution is 5.59. The quantitative estimate of drug-likeness (QED) is 0.840. The summed E-state index contributed by atoms with van der Waals surface area (Å²) in [4.78, 5) is 19.8. The van der Waals surface area contributed by atoms with Crippen molar-refractivity contribution in [2.24, 2.45) is 0 Å². The molecule has 2 aromatic rings. The summed E-state index contributed by atoms with van der Waals surface area (Å²) in [6.45, 7) is 0. The lowest BCUT2D eigenvalue weighted by molar-refractivity contribution is 1.05. The fraction of sp³-hybridized carbons (Fsp3) is 0.0833. The highest BCUT2D eigenvalue weighted by atomic mass is 16.1. The smallest absolute Gasteiger partial charge is 0.291 e. The summed E-state index contributed by atoms with van der Waals surface area (Å²) in [6.07, 6.45) is 3.01. The SMILES string of the molecule is CN(c1ccc(C#N)cc1)c1ncc[nH]c1=O. The molecular formula is C12H10N4O. The van der Waals surface area contributed by atoms with E-state index in [2.05, 4.69) is 9.97 Å². The summed E-state index contributed by atoms with van der Waals surface area (Å²) < 4.78 is 0. The van der Waals surface area contributed by atoms with Gasteiger partial charge in [-0.2, -0.15) is 5.26 Å². The van der Waals surface area contributed by atoms with Gasteiger partial charge in [-0.1, -0.05) is 0 Å². The number of H-pyrrole nitrogens is 1. The summed E-state index contributed by atoms with van der Waals surface area (Å²) in [6, 6.07) is 8.98. The molecule has 0 radical (unpaired) electrons. The number of hydrogen-bond donors (Lipinski definition) is 1. The highest BCUT2D eigenvalue weighted by Crippen LogP contribution is 2.18. The van der Waals surface area contributed by atoms with E-state index in [9.17, 15) is 4.79 Å². The molecule has 0 bridgehead atoms. The number of nitrogens with one attached hydrogen (secondary N) is 1. The van der Waals surface area contributed by atoms with E-state index in [0.29, 0.717) is 11.4 Å².